The van der Waals surface area contributed by atoms with E-state index in [1.165, 1.54) is 4.68 Å². The van der Waals surface area contributed by atoms with E-state index in [4.69, 9.17) is 0 Å². The lowest BCUT2D eigenvalue weighted by Crippen LogP contribution is -2.38. The van der Waals surface area contributed by atoms with Crippen LogP contribution in [0.5, 0.6) is 0 Å². The average molecular weight is 375 g/mol. The van der Waals surface area contributed by atoms with Crippen molar-refractivity contribution < 1.29 is 4.79 Å². The van der Waals surface area contributed by atoms with E-state index in [-0.39, 0.29) is 24.1 Å². The van der Waals surface area contributed by atoms with Gasteiger partial charge in [-0.1, -0.05) is 48.7 Å². The second-order valence-electron chi connectivity index (χ2n) is 7.72. The number of amides is 1. The molecule has 0 spiro atoms. The van der Waals surface area contributed by atoms with Crippen molar-refractivity contribution in [1.82, 2.24) is 15.1 Å². The topological polar surface area (TPSA) is 64.0 Å². The third-order valence-corrected chi connectivity index (χ3v) is 5.53. The van der Waals surface area contributed by atoms with Crippen LogP contribution in [0.3, 0.4) is 0 Å². The lowest BCUT2D eigenvalue weighted by molar-refractivity contribution is -0.122. The fourth-order valence-corrected chi connectivity index (χ4v) is 4.01. The quantitative estimate of drug-likeness (QED) is 0.755. The first kappa shape index (κ1) is 18.4. The summed E-state index contributed by atoms with van der Waals surface area (Å²) in [6.45, 7) is 4.02. The minimum atomic E-state index is -0.230. The fraction of sp³-hybridized carbons (Fsp3) is 0.348. The predicted octanol–water partition coefficient (Wildman–Crippen LogP) is 3.74. The van der Waals surface area contributed by atoms with E-state index in [9.17, 15) is 9.59 Å². The molecule has 1 aliphatic carbocycles. The van der Waals surface area contributed by atoms with Crippen molar-refractivity contribution in [2.24, 2.45) is 0 Å². The molecule has 1 N–H and O–H groups in total. The largest absolute Gasteiger partial charge is 0.352 e. The molecular formula is C23H25N3O2. The Morgan fingerprint density at radius 3 is 2.57 bits per heavy atom. The van der Waals surface area contributed by atoms with E-state index in [1.807, 2.05) is 32.0 Å². The number of carbonyl (C=O) groups is 1. The summed E-state index contributed by atoms with van der Waals surface area (Å²) >= 11 is 0. The van der Waals surface area contributed by atoms with Gasteiger partial charge < -0.3 is 5.32 Å². The zero-order valence-corrected chi connectivity index (χ0v) is 16.4. The van der Waals surface area contributed by atoms with Gasteiger partial charge in [0.15, 0.2) is 0 Å². The highest BCUT2D eigenvalue weighted by Gasteiger charge is 2.19. The van der Waals surface area contributed by atoms with Gasteiger partial charge in [0, 0.05) is 17.0 Å². The van der Waals surface area contributed by atoms with Crippen molar-refractivity contribution in [3.63, 3.8) is 0 Å². The van der Waals surface area contributed by atoms with Crippen LogP contribution in [0.4, 0.5) is 0 Å². The summed E-state index contributed by atoms with van der Waals surface area (Å²) in [4.78, 5) is 25.5. The van der Waals surface area contributed by atoms with Gasteiger partial charge in [-0.15, -0.1) is 0 Å². The second kappa shape index (κ2) is 7.58. The average Bonchev–Trinajstić information content (AvgIpc) is 3.19. The maximum atomic E-state index is 13.0. The molecule has 144 valence electrons. The van der Waals surface area contributed by atoms with Crippen LogP contribution < -0.4 is 10.9 Å². The number of hydrogen-bond donors (Lipinski definition) is 1. The van der Waals surface area contributed by atoms with E-state index >= 15 is 0 Å². The van der Waals surface area contributed by atoms with Gasteiger partial charge in [-0.3, -0.25) is 9.59 Å². The minimum absolute atomic E-state index is 0.0575. The van der Waals surface area contributed by atoms with Gasteiger partial charge in [-0.2, -0.15) is 5.10 Å². The number of nitrogens with zero attached hydrogens (tertiary/aromatic N) is 2. The Balaban J connectivity index is 1.79. The molecule has 0 atom stereocenters. The number of hydrogen-bond acceptors (Lipinski definition) is 3. The molecular weight excluding hydrogens is 350 g/mol. The maximum absolute atomic E-state index is 13.0. The standard InChI is InChI=1S/C23H25N3O2/c1-15-11-12-16(2)20(13-15)22-18-9-5-6-10-19(18)23(28)26(25-22)14-21(27)24-17-7-3-4-8-17/h5-6,9-13,17H,3-4,7-8,14H2,1-2H3,(H,24,27). The van der Waals surface area contributed by atoms with Gasteiger partial charge in [0.2, 0.25) is 5.91 Å². The monoisotopic (exact) mass is 375 g/mol. The van der Waals surface area contributed by atoms with Crippen molar-refractivity contribution in [2.45, 2.75) is 52.1 Å². The molecule has 1 heterocycles. The number of benzene rings is 2. The molecule has 3 aromatic rings. The number of fused-ring (bicyclic) bond motifs is 1. The summed E-state index contributed by atoms with van der Waals surface area (Å²) in [5, 5.41) is 9.07. The molecule has 0 bridgehead atoms. The fourth-order valence-electron chi connectivity index (χ4n) is 4.01. The molecule has 0 aliphatic heterocycles. The third kappa shape index (κ3) is 3.57. The van der Waals surface area contributed by atoms with Gasteiger partial charge in [0.05, 0.1) is 11.1 Å². The minimum Gasteiger partial charge on any atom is -0.352 e. The van der Waals surface area contributed by atoms with E-state index in [2.05, 4.69) is 28.6 Å². The number of aryl methyl sites for hydroxylation is 2. The van der Waals surface area contributed by atoms with Gasteiger partial charge in [0.25, 0.3) is 5.56 Å². The molecule has 4 rings (SSSR count). The number of aromatic nitrogens is 2. The molecule has 1 saturated carbocycles. The van der Waals surface area contributed by atoms with E-state index in [0.29, 0.717) is 5.39 Å². The van der Waals surface area contributed by atoms with Gasteiger partial charge in [-0.25, -0.2) is 4.68 Å². The molecule has 1 aliphatic rings. The first-order valence-corrected chi connectivity index (χ1v) is 9.90. The van der Waals surface area contributed by atoms with Crippen LogP contribution in [-0.4, -0.2) is 21.7 Å². The zero-order chi connectivity index (χ0) is 19.7. The summed E-state index contributed by atoms with van der Waals surface area (Å²) in [6, 6.07) is 13.9. The summed E-state index contributed by atoms with van der Waals surface area (Å²) in [5.41, 5.74) is 3.71. The van der Waals surface area contributed by atoms with Gasteiger partial charge in [-0.05, 0) is 44.4 Å². The summed E-state index contributed by atoms with van der Waals surface area (Å²) in [6.07, 6.45) is 4.32. The first-order chi connectivity index (χ1) is 13.5. The van der Waals surface area contributed by atoms with Crippen LogP contribution in [0.2, 0.25) is 0 Å². The second-order valence-corrected chi connectivity index (χ2v) is 7.72. The molecule has 0 saturated heterocycles. The molecule has 1 fully saturated rings. The highest BCUT2D eigenvalue weighted by Crippen LogP contribution is 2.28. The number of rotatable bonds is 4. The lowest BCUT2D eigenvalue weighted by Gasteiger charge is -2.15. The van der Waals surface area contributed by atoms with Crippen LogP contribution in [0.25, 0.3) is 22.0 Å². The van der Waals surface area contributed by atoms with Gasteiger partial charge in [0.1, 0.15) is 6.54 Å². The molecule has 1 amide bonds. The third-order valence-electron chi connectivity index (χ3n) is 5.53. The van der Waals surface area contributed by atoms with Crippen LogP contribution in [0.1, 0.15) is 36.8 Å². The zero-order valence-electron chi connectivity index (χ0n) is 16.4. The molecule has 2 aromatic carbocycles. The Labute approximate surface area is 164 Å². The number of carbonyl (C=O) groups excluding carboxylic acids is 1. The Hall–Kier alpha value is -2.95. The SMILES string of the molecule is Cc1ccc(C)c(-c2nn(CC(=O)NC3CCCC3)c(=O)c3ccccc23)c1. The summed E-state index contributed by atoms with van der Waals surface area (Å²) in [5.74, 6) is -0.149. The smallest absolute Gasteiger partial charge is 0.275 e. The van der Waals surface area contributed by atoms with Crippen molar-refractivity contribution in [1.29, 1.82) is 0 Å². The van der Waals surface area contributed by atoms with Crippen molar-refractivity contribution in [3.05, 3.63) is 63.9 Å². The highest BCUT2D eigenvalue weighted by atomic mass is 16.2. The molecule has 5 heteroatoms. The number of nitrogens with one attached hydrogen (secondary N) is 1. The molecule has 1 aromatic heterocycles. The van der Waals surface area contributed by atoms with Crippen LogP contribution in [0.15, 0.2) is 47.3 Å². The van der Waals surface area contributed by atoms with E-state index < -0.39 is 0 Å². The van der Waals surface area contributed by atoms with Crippen molar-refractivity contribution in [3.8, 4) is 11.3 Å². The van der Waals surface area contributed by atoms with Crippen molar-refractivity contribution in [2.75, 3.05) is 0 Å². The van der Waals surface area contributed by atoms with Crippen molar-refractivity contribution >= 4 is 16.7 Å². The van der Waals surface area contributed by atoms with Crippen LogP contribution >= 0.6 is 0 Å². The Bertz CT molecular complexity index is 1090. The van der Waals surface area contributed by atoms with E-state index in [1.54, 1.807) is 6.07 Å². The predicted molar refractivity (Wildman–Crippen MR) is 111 cm³/mol. The summed E-state index contributed by atoms with van der Waals surface area (Å²) in [7, 11) is 0. The van der Waals surface area contributed by atoms with Crippen LogP contribution in [0, 0.1) is 13.8 Å². The Morgan fingerprint density at radius 2 is 1.82 bits per heavy atom. The Morgan fingerprint density at radius 1 is 1.11 bits per heavy atom. The van der Waals surface area contributed by atoms with E-state index in [0.717, 1.165) is 53.5 Å². The molecule has 0 radical (unpaired) electrons. The maximum Gasteiger partial charge on any atom is 0.275 e. The Kier molecular flexibility index (Phi) is 4.99. The highest BCUT2D eigenvalue weighted by molar-refractivity contribution is 5.94. The molecule has 0 unspecified atom stereocenters. The molecule has 28 heavy (non-hydrogen) atoms. The lowest BCUT2D eigenvalue weighted by atomic mass is 9.99. The van der Waals surface area contributed by atoms with Crippen LogP contribution in [-0.2, 0) is 11.3 Å². The molecule has 5 nitrogen and oxygen atoms in total. The normalized spacial score (nSPS) is 14.5. The van der Waals surface area contributed by atoms with Gasteiger partial charge >= 0.3 is 0 Å². The summed E-state index contributed by atoms with van der Waals surface area (Å²) < 4.78 is 1.31. The first-order valence-electron chi connectivity index (χ1n) is 9.90.